The van der Waals surface area contributed by atoms with Gasteiger partial charge in [-0.3, -0.25) is 4.79 Å². The Bertz CT molecular complexity index is 450. The van der Waals surface area contributed by atoms with E-state index in [0.717, 1.165) is 0 Å². The zero-order valence-electron chi connectivity index (χ0n) is 9.76. The number of hydrogen-bond acceptors (Lipinski definition) is 5. The minimum atomic E-state index is -1.23. The Kier molecular flexibility index (Phi) is 4.91. The van der Waals surface area contributed by atoms with Gasteiger partial charge in [0.05, 0.1) is 18.6 Å². The second-order valence-electron chi connectivity index (χ2n) is 3.26. The number of aromatic nitrogens is 1. The second-order valence-corrected chi connectivity index (χ2v) is 3.26. The molecule has 0 aliphatic heterocycles. The molecule has 1 aromatic rings. The van der Waals surface area contributed by atoms with Crippen molar-refractivity contribution in [3.05, 3.63) is 23.5 Å². The Morgan fingerprint density at radius 1 is 1.33 bits per heavy atom. The summed E-state index contributed by atoms with van der Waals surface area (Å²) in [6.07, 6.45) is 1.26. The van der Waals surface area contributed by atoms with Crippen molar-refractivity contribution in [1.82, 2.24) is 4.98 Å². The number of rotatable bonds is 6. The van der Waals surface area contributed by atoms with Gasteiger partial charge in [0.1, 0.15) is 12.3 Å². The van der Waals surface area contributed by atoms with E-state index >= 15 is 0 Å². The third kappa shape index (κ3) is 3.62. The first kappa shape index (κ1) is 13.8. The van der Waals surface area contributed by atoms with Crippen LogP contribution in [0.15, 0.2) is 12.3 Å². The molecule has 7 nitrogen and oxygen atoms in total. The molecular weight excluding hydrogens is 242 g/mol. The van der Waals surface area contributed by atoms with E-state index in [1.54, 1.807) is 6.92 Å². The fraction of sp³-hybridized carbons (Fsp3) is 0.364. The van der Waals surface area contributed by atoms with Crippen molar-refractivity contribution in [3.63, 3.8) is 0 Å². The van der Waals surface area contributed by atoms with Crippen molar-refractivity contribution in [1.29, 1.82) is 0 Å². The molecule has 0 radical (unpaired) electrons. The summed E-state index contributed by atoms with van der Waals surface area (Å²) in [6.45, 7) is 1.77. The van der Waals surface area contributed by atoms with E-state index < -0.39 is 17.9 Å². The maximum Gasteiger partial charge on any atom is 0.355 e. The van der Waals surface area contributed by atoms with E-state index in [1.807, 2.05) is 0 Å². The van der Waals surface area contributed by atoms with Crippen LogP contribution in [0.25, 0.3) is 0 Å². The van der Waals surface area contributed by atoms with Crippen LogP contribution >= 0.6 is 0 Å². The molecule has 1 rings (SSSR count). The predicted octanol–water partition coefficient (Wildman–Crippen LogP) is 0.823. The van der Waals surface area contributed by atoms with Crippen molar-refractivity contribution in [2.45, 2.75) is 13.3 Å². The van der Waals surface area contributed by atoms with Crippen LogP contribution in [0.1, 0.15) is 34.2 Å². The van der Waals surface area contributed by atoms with Gasteiger partial charge in [-0.05, 0) is 13.0 Å². The Labute approximate surface area is 103 Å². The highest BCUT2D eigenvalue weighted by molar-refractivity contribution is 6.01. The van der Waals surface area contributed by atoms with Crippen LogP contribution in [0.5, 0.6) is 0 Å². The summed E-state index contributed by atoms with van der Waals surface area (Å²) in [5.74, 6) is -2.52. The molecule has 18 heavy (non-hydrogen) atoms. The molecule has 0 saturated carbocycles. The van der Waals surface area contributed by atoms with Gasteiger partial charge in [0.2, 0.25) is 0 Å². The zero-order valence-corrected chi connectivity index (χ0v) is 9.76. The third-order valence-electron chi connectivity index (χ3n) is 2.03. The predicted molar refractivity (Wildman–Crippen MR) is 59.3 cm³/mol. The maximum atomic E-state index is 11.5. The van der Waals surface area contributed by atoms with Crippen LogP contribution in [0.3, 0.4) is 0 Å². The Hall–Kier alpha value is -2.31. The van der Waals surface area contributed by atoms with E-state index in [2.05, 4.69) is 9.72 Å². The number of carbonyl (C=O) groups is 3. The van der Waals surface area contributed by atoms with Crippen LogP contribution in [-0.2, 0) is 14.3 Å². The quantitative estimate of drug-likeness (QED) is 0.729. The molecule has 0 saturated heterocycles. The number of hydrogen-bond donors (Lipinski definition) is 2. The van der Waals surface area contributed by atoms with Crippen LogP contribution in [-0.4, -0.2) is 41.2 Å². The SMILES string of the molecule is CCOC(=O)CCOC(=O)c1[nH]ccc1C(=O)O. The summed E-state index contributed by atoms with van der Waals surface area (Å²) in [5.41, 5.74) is -0.317. The van der Waals surface area contributed by atoms with Crippen LogP contribution in [0.4, 0.5) is 0 Å². The van der Waals surface area contributed by atoms with Gasteiger partial charge in [0.25, 0.3) is 0 Å². The molecule has 0 aromatic carbocycles. The molecule has 1 heterocycles. The molecule has 0 unspecified atom stereocenters. The maximum absolute atomic E-state index is 11.5. The van der Waals surface area contributed by atoms with Crippen LogP contribution < -0.4 is 0 Å². The highest BCUT2D eigenvalue weighted by Gasteiger charge is 2.19. The van der Waals surface area contributed by atoms with Gasteiger partial charge in [0.15, 0.2) is 0 Å². The average Bonchev–Trinajstić information content (AvgIpc) is 2.78. The molecule has 0 aliphatic carbocycles. The van der Waals surface area contributed by atoms with Gasteiger partial charge in [-0.15, -0.1) is 0 Å². The number of aromatic amines is 1. The lowest BCUT2D eigenvalue weighted by Gasteiger charge is -2.04. The minimum absolute atomic E-state index is 0.0668. The first-order valence-electron chi connectivity index (χ1n) is 5.29. The summed E-state index contributed by atoms with van der Waals surface area (Å²) in [4.78, 5) is 35.7. The van der Waals surface area contributed by atoms with E-state index in [1.165, 1.54) is 12.3 Å². The monoisotopic (exact) mass is 255 g/mol. The second kappa shape index (κ2) is 6.43. The lowest BCUT2D eigenvalue weighted by molar-refractivity contribution is -0.143. The van der Waals surface area contributed by atoms with Gasteiger partial charge in [-0.25, -0.2) is 9.59 Å². The van der Waals surface area contributed by atoms with Gasteiger partial charge in [0, 0.05) is 6.20 Å². The van der Waals surface area contributed by atoms with Crippen molar-refractivity contribution >= 4 is 17.9 Å². The highest BCUT2D eigenvalue weighted by Crippen LogP contribution is 2.08. The Balaban J connectivity index is 2.48. The number of nitrogens with one attached hydrogen (secondary N) is 1. The van der Waals surface area contributed by atoms with Crippen molar-refractivity contribution in [2.75, 3.05) is 13.2 Å². The summed E-state index contributed by atoms with van der Waals surface area (Å²) in [7, 11) is 0. The Morgan fingerprint density at radius 2 is 2.06 bits per heavy atom. The number of aromatic carboxylic acids is 1. The topological polar surface area (TPSA) is 106 Å². The van der Waals surface area contributed by atoms with Crippen molar-refractivity contribution in [2.24, 2.45) is 0 Å². The van der Waals surface area contributed by atoms with Crippen LogP contribution in [0.2, 0.25) is 0 Å². The summed E-state index contributed by atoms with van der Waals surface area (Å²) in [5, 5.41) is 8.79. The highest BCUT2D eigenvalue weighted by atomic mass is 16.5. The normalized spacial score (nSPS) is 9.83. The number of carboxylic acid groups (broad SMARTS) is 1. The fourth-order valence-corrected chi connectivity index (χ4v) is 1.25. The molecule has 0 fully saturated rings. The molecule has 2 N–H and O–H groups in total. The van der Waals surface area contributed by atoms with E-state index in [-0.39, 0.29) is 30.9 Å². The Morgan fingerprint density at radius 3 is 2.67 bits per heavy atom. The number of esters is 2. The lowest BCUT2D eigenvalue weighted by atomic mass is 10.2. The molecule has 7 heteroatoms. The van der Waals surface area contributed by atoms with Gasteiger partial charge >= 0.3 is 17.9 Å². The van der Waals surface area contributed by atoms with E-state index in [9.17, 15) is 14.4 Å². The third-order valence-corrected chi connectivity index (χ3v) is 2.03. The van der Waals surface area contributed by atoms with Gasteiger partial charge in [-0.1, -0.05) is 0 Å². The number of carboxylic acids is 1. The largest absolute Gasteiger partial charge is 0.478 e. The van der Waals surface area contributed by atoms with Crippen molar-refractivity contribution in [3.8, 4) is 0 Å². The minimum Gasteiger partial charge on any atom is -0.478 e. The van der Waals surface area contributed by atoms with E-state index in [0.29, 0.717) is 0 Å². The fourth-order valence-electron chi connectivity index (χ4n) is 1.25. The van der Waals surface area contributed by atoms with Gasteiger partial charge in [-0.2, -0.15) is 0 Å². The smallest absolute Gasteiger partial charge is 0.355 e. The summed E-state index contributed by atoms with van der Waals surface area (Å²) >= 11 is 0. The molecule has 0 bridgehead atoms. The molecule has 1 aromatic heterocycles. The molecule has 0 spiro atoms. The van der Waals surface area contributed by atoms with Gasteiger partial charge < -0.3 is 19.6 Å². The number of carbonyl (C=O) groups excluding carboxylic acids is 2. The zero-order chi connectivity index (χ0) is 13.5. The molecule has 0 aliphatic rings. The van der Waals surface area contributed by atoms with Crippen molar-refractivity contribution < 1.29 is 29.0 Å². The molecule has 0 atom stereocenters. The molecule has 0 amide bonds. The molecular formula is C11H13NO6. The standard InChI is InChI=1S/C11H13NO6/c1-2-17-8(13)4-6-18-11(16)9-7(10(14)15)3-5-12-9/h3,5,12H,2,4,6H2,1H3,(H,14,15). The summed E-state index contributed by atoms with van der Waals surface area (Å²) in [6, 6.07) is 1.25. The van der Waals surface area contributed by atoms with E-state index in [4.69, 9.17) is 9.84 Å². The number of H-pyrrole nitrogens is 1. The first-order chi connectivity index (χ1) is 8.56. The number of ether oxygens (including phenoxy) is 2. The molecule has 98 valence electrons. The first-order valence-corrected chi connectivity index (χ1v) is 5.29. The lowest BCUT2D eigenvalue weighted by Crippen LogP contribution is -2.14. The van der Waals surface area contributed by atoms with Crippen LogP contribution in [0, 0.1) is 0 Å². The summed E-state index contributed by atoms with van der Waals surface area (Å²) < 4.78 is 9.40. The average molecular weight is 255 g/mol.